The van der Waals surface area contributed by atoms with Crippen LogP contribution in [-0.4, -0.2) is 5.11 Å². The zero-order valence-electron chi connectivity index (χ0n) is 13.6. The van der Waals surface area contributed by atoms with Gasteiger partial charge in [-0.15, -0.1) is 0 Å². The molecule has 3 aromatic carbocycles. The lowest BCUT2D eigenvalue weighted by Crippen LogP contribution is -2.07. The fourth-order valence-corrected chi connectivity index (χ4v) is 2.95. The third kappa shape index (κ3) is 3.03. The molecule has 0 unspecified atom stereocenters. The number of hydrogen-bond donors (Lipinski definition) is 2. The van der Waals surface area contributed by atoms with Crippen molar-refractivity contribution in [3.8, 4) is 0 Å². The van der Waals surface area contributed by atoms with E-state index in [0.717, 1.165) is 21.8 Å². The molecule has 4 nitrogen and oxygen atoms in total. The van der Waals surface area contributed by atoms with Gasteiger partial charge in [0.1, 0.15) is 16.9 Å². The summed E-state index contributed by atoms with van der Waals surface area (Å²) >= 11 is 5.85. The third-order valence-electron chi connectivity index (χ3n) is 4.14. The van der Waals surface area contributed by atoms with Crippen LogP contribution >= 0.6 is 11.6 Å². The molecule has 1 heterocycles. The van der Waals surface area contributed by atoms with Crippen molar-refractivity contribution in [1.82, 2.24) is 0 Å². The Kier molecular flexibility index (Phi) is 4.11. The third-order valence-corrected chi connectivity index (χ3v) is 4.39. The van der Waals surface area contributed by atoms with Crippen LogP contribution in [0.4, 0.5) is 5.69 Å². The standard InChI is InChI=1S/C21H14ClNO3/c22-14-6-8-15(9-7-14)23-12-19(24)18-11-17-16-4-2-1-3-13(16)5-10-20(17)26-21(18)25/h1-12,23-24H/b19-12-. The Labute approximate surface area is 154 Å². The number of aliphatic hydroxyl groups is 1. The van der Waals surface area contributed by atoms with E-state index in [1.165, 1.54) is 6.20 Å². The lowest BCUT2D eigenvalue weighted by Gasteiger charge is -2.06. The molecule has 26 heavy (non-hydrogen) atoms. The molecule has 0 bridgehead atoms. The van der Waals surface area contributed by atoms with Crippen LogP contribution in [0.25, 0.3) is 27.5 Å². The van der Waals surface area contributed by atoms with E-state index in [1.54, 1.807) is 36.4 Å². The van der Waals surface area contributed by atoms with Crippen LogP contribution in [0.15, 0.2) is 82.1 Å². The molecule has 5 heteroatoms. The van der Waals surface area contributed by atoms with Gasteiger partial charge in [0, 0.05) is 22.3 Å². The second-order valence-corrected chi connectivity index (χ2v) is 6.26. The van der Waals surface area contributed by atoms with Gasteiger partial charge in [-0.3, -0.25) is 0 Å². The number of aliphatic hydroxyl groups excluding tert-OH is 1. The molecule has 0 atom stereocenters. The maximum Gasteiger partial charge on any atom is 0.347 e. The molecule has 4 rings (SSSR count). The van der Waals surface area contributed by atoms with Crippen LogP contribution in [0.2, 0.25) is 5.02 Å². The Morgan fingerprint density at radius 1 is 1.00 bits per heavy atom. The highest BCUT2D eigenvalue weighted by atomic mass is 35.5. The summed E-state index contributed by atoms with van der Waals surface area (Å²) in [6, 6.07) is 20.1. The Morgan fingerprint density at radius 3 is 2.58 bits per heavy atom. The van der Waals surface area contributed by atoms with Gasteiger partial charge in [0.25, 0.3) is 0 Å². The van der Waals surface area contributed by atoms with Crippen molar-refractivity contribution in [1.29, 1.82) is 0 Å². The van der Waals surface area contributed by atoms with Crippen molar-refractivity contribution in [2.75, 3.05) is 5.32 Å². The minimum atomic E-state index is -0.598. The molecule has 0 aliphatic heterocycles. The van der Waals surface area contributed by atoms with E-state index >= 15 is 0 Å². The monoisotopic (exact) mass is 363 g/mol. The summed E-state index contributed by atoms with van der Waals surface area (Å²) in [6.07, 6.45) is 1.35. The van der Waals surface area contributed by atoms with E-state index < -0.39 is 5.63 Å². The van der Waals surface area contributed by atoms with E-state index in [9.17, 15) is 9.90 Å². The summed E-state index contributed by atoms with van der Waals surface area (Å²) in [4.78, 5) is 12.3. The van der Waals surface area contributed by atoms with Crippen molar-refractivity contribution in [3.05, 3.63) is 93.9 Å². The molecule has 4 aromatic rings. The van der Waals surface area contributed by atoms with Crippen LogP contribution in [0.3, 0.4) is 0 Å². The fourth-order valence-electron chi connectivity index (χ4n) is 2.83. The number of benzene rings is 3. The summed E-state index contributed by atoms with van der Waals surface area (Å²) in [5.41, 5.74) is 0.710. The number of hydrogen-bond acceptors (Lipinski definition) is 4. The molecule has 2 N–H and O–H groups in total. The first-order chi connectivity index (χ1) is 12.6. The Morgan fingerprint density at radius 2 is 1.77 bits per heavy atom. The smallest absolute Gasteiger partial charge is 0.347 e. The summed E-state index contributed by atoms with van der Waals surface area (Å²) in [6.45, 7) is 0. The Bertz CT molecular complexity index is 1190. The molecule has 0 saturated carbocycles. The zero-order chi connectivity index (χ0) is 18.1. The average Bonchev–Trinajstić information content (AvgIpc) is 2.66. The van der Waals surface area contributed by atoms with Gasteiger partial charge in [0.05, 0.1) is 0 Å². The first kappa shape index (κ1) is 16.2. The molecule has 0 fully saturated rings. The largest absolute Gasteiger partial charge is 0.506 e. The van der Waals surface area contributed by atoms with Gasteiger partial charge in [0.2, 0.25) is 0 Å². The average molecular weight is 364 g/mol. The summed E-state index contributed by atoms with van der Waals surface area (Å²) in [5, 5.41) is 16.7. The quantitative estimate of drug-likeness (QED) is 0.284. The Hall–Kier alpha value is -3.24. The number of anilines is 1. The van der Waals surface area contributed by atoms with Crippen LogP contribution in [0.1, 0.15) is 5.56 Å². The highest BCUT2D eigenvalue weighted by molar-refractivity contribution is 6.30. The summed E-state index contributed by atoms with van der Waals surface area (Å²) < 4.78 is 5.39. The summed E-state index contributed by atoms with van der Waals surface area (Å²) in [5.74, 6) is -0.205. The maximum absolute atomic E-state index is 12.3. The van der Waals surface area contributed by atoms with Gasteiger partial charge in [-0.25, -0.2) is 4.79 Å². The zero-order valence-corrected chi connectivity index (χ0v) is 14.3. The molecule has 1 aromatic heterocycles. The first-order valence-corrected chi connectivity index (χ1v) is 8.37. The van der Waals surface area contributed by atoms with Crippen molar-refractivity contribution in [3.63, 3.8) is 0 Å². The van der Waals surface area contributed by atoms with E-state index in [1.807, 2.05) is 30.3 Å². The molecule has 0 aliphatic carbocycles. The summed E-state index contributed by atoms with van der Waals surface area (Å²) in [7, 11) is 0. The Balaban J connectivity index is 1.78. The molecule has 0 aliphatic rings. The highest BCUT2D eigenvalue weighted by Gasteiger charge is 2.11. The van der Waals surface area contributed by atoms with Crippen LogP contribution < -0.4 is 10.9 Å². The van der Waals surface area contributed by atoms with Crippen LogP contribution in [0.5, 0.6) is 0 Å². The molecular weight excluding hydrogens is 350 g/mol. The second kappa shape index (κ2) is 6.58. The lowest BCUT2D eigenvalue weighted by molar-refractivity contribution is 0.497. The number of rotatable bonds is 3. The minimum absolute atomic E-state index is 0.0929. The van der Waals surface area contributed by atoms with Gasteiger partial charge in [-0.05, 0) is 47.2 Å². The van der Waals surface area contributed by atoms with Crippen molar-refractivity contribution >= 4 is 44.8 Å². The van der Waals surface area contributed by atoms with Crippen molar-refractivity contribution < 1.29 is 9.52 Å². The van der Waals surface area contributed by atoms with E-state index in [-0.39, 0.29) is 11.3 Å². The van der Waals surface area contributed by atoms with E-state index in [0.29, 0.717) is 10.6 Å². The predicted molar refractivity (Wildman–Crippen MR) is 106 cm³/mol. The molecule has 0 radical (unpaired) electrons. The molecule has 0 spiro atoms. The second-order valence-electron chi connectivity index (χ2n) is 5.83. The van der Waals surface area contributed by atoms with Crippen LogP contribution in [0, 0.1) is 0 Å². The van der Waals surface area contributed by atoms with E-state index in [2.05, 4.69) is 5.32 Å². The SMILES string of the molecule is O=c1oc2ccc3ccccc3c2cc1/C(O)=C/Nc1ccc(Cl)cc1. The fraction of sp³-hybridized carbons (Fsp3) is 0. The predicted octanol–water partition coefficient (Wildman–Crippen LogP) is 5.57. The highest BCUT2D eigenvalue weighted by Crippen LogP contribution is 2.26. The first-order valence-electron chi connectivity index (χ1n) is 7.99. The normalized spacial score (nSPS) is 11.8. The maximum atomic E-state index is 12.3. The number of fused-ring (bicyclic) bond motifs is 3. The van der Waals surface area contributed by atoms with Crippen molar-refractivity contribution in [2.24, 2.45) is 0 Å². The molecular formula is C21H14ClNO3. The molecule has 0 amide bonds. The molecule has 0 saturated heterocycles. The molecule has 128 valence electrons. The number of halogens is 1. The van der Waals surface area contributed by atoms with Gasteiger partial charge < -0.3 is 14.8 Å². The minimum Gasteiger partial charge on any atom is -0.506 e. The van der Waals surface area contributed by atoms with Gasteiger partial charge in [-0.2, -0.15) is 0 Å². The number of nitrogens with one attached hydrogen (secondary N) is 1. The van der Waals surface area contributed by atoms with Crippen molar-refractivity contribution in [2.45, 2.75) is 0 Å². The van der Waals surface area contributed by atoms with E-state index in [4.69, 9.17) is 16.0 Å². The topological polar surface area (TPSA) is 62.5 Å². The lowest BCUT2D eigenvalue weighted by atomic mass is 10.0. The van der Waals surface area contributed by atoms with Gasteiger partial charge in [0.15, 0.2) is 0 Å². The van der Waals surface area contributed by atoms with Gasteiger partial charge in [-0.1, -0.05) is 41.9 Å². The van der Waals surface area contributed by atoms with Gasteiger partial charge >= 0.3 is 5.63 Å². The van der Waals surface area contributed by atoms with Crippen LogP contribution in [-0.2, 0) is 0 Å².